The number of para-hydroxylation sites is 2. The van der Waals surface area contributed by atoms with Gasteiger partial charge in [-0.05, 0) is 80.9 Å². The third-order valence-electron chi connectivity index (χ3n) is 6.03. The maximum absolute atomic E-state index is 3.71. The molecule has 6 heteroatoms. The van der Waals surface area contributed by atoms with Crippen LogP contribution in [0.1, 0.15) is 62.8 Å². The van der Waals surface area contributed by atoms with Crippen LogP contribution < -0.4 is 44.6 Å². The van der Waals surface area contributed by atoms with Crippen LogP contribution in [0.2, 0.25) is 0 Å². The summed E-state index contributed by atoms with van der Waals surface area (Å²) in [6.07, 6.45) is 6.69. The molecule has 0 aliphatic rings. The Labute approximate surface area is 234 Å². The van der Waals surface area contributed by atoms with Gasteiger partial charge in [0.05, 0.1) is 0 Å². The van der Waals surface area contributed by atoms with Crippen molar-refractivity contribution in [1.29, 1.82) is 0 Å². The number of rotatable bonds is 14. The van der Waals surface area contributed by atoms with Crippen molar-refractivity contribution >= 4 is 11.4 Å². The van der Waals surface area contributed by atoms with Gasteiger partial charge in [-0.2, -0.15) is 0 Å². The number of hydrogen-bond acceptors (Lipinski definition) is 3. The Bertz CT molecular complexity index is 663. The standard InChI is InChI=1S/C27H43N3.2BrH.Co/c1-6-22-14-10-15-23(7-2)26(22)28-18-12-20-30(5)21-13-19-29-27-24(8-3)16-11-17-25(27)9-4;;;/h10-11,14-17,28-29H,6-9,12-13,18-21H2,1-5H3;2*1H;/q;;;+2/p-2. The molecule has 0 saturated carbocycles. The molecule has 0 amide bonds. The van der Waals surface area contributed by atoms with Gasteiger partial charge in [0.15, 0.2) is 0 Å². The fourth-order valence-corrected chi connectivity index (χ4v) is 4.18. The van der Waals surface area contributed by atoms with Gasteiger partial charge in [0.1, 0.15) is 0 Å². The Hall–Kier alpha value is -0.534. The summed E-state index contributed by atoms with van der Waals surface area (Å²) >= 11 is 0. The number of anilines is 2. The van der Waals surface area contributed by atoms with Crippen molar-refractivity contribution in [3.05, 3.63) is 58.7 Å². The molecule has 1 radical (unpaired) electrons. The predicted octanol–water partition coefficient (Wildman–Crippen LogP) is 0.178. The monoisotopic (exact) mass is 626 g/mol. The molecular weight excluding hydrogens is 585 g/mol. The van der Waals surface area contributed by atoms with E-state index in [0.29, 0.717) is 0 Å². The van der Waals surface area contributed by atoms with E-state index >= 15 is 0 Å². The maximum Gasteiger partial charge on any atom is 2.00 e. The van der Waals surface area contributed by atoms with Crippen molar-refractivity contribution in [2.45, 2.75) is 66.2 Å². The maximum atomic E-state index is 3.71. The van der Waals surface area contributed by atoms with Crippen LogP contribution in [-0.2, 0) is 42.5 Å². The number of aryl methyl sites for hydroxylation is 4. The molecule has 2 aromatic rings. The predicted molar refractivity (Wildman–Crippen MR) is 134 cm³/mol. The number of benzene rings is 2. The molecule has 189 valence electrons. The molecule has 0 bridgehead atoms. The molecule has 33 heavy (non-hydrogen) atoms. The first-order chi connectivity index (χ1) is 14.6. The summed E-state index contributed by atoms with van der Waals surface area (Å²) in [7, 11) is 2.24. The van der Waals surface area contributed by atoms with Crippen LogP contribution in [0.15, 0.2) is 36.4 Å². The average Bonchev–Trinajstić information content (AvgIpc) is 2.79. The first-order valence-electron chi connectivity index (χ1n) is 12.0. The van der Waals surface area contributed by atoms with Gasteiger partial charge < -0.3 is 49.5 Å². The molecule has 0 fully saturated rings. The topological polar surface area (TPSA) is 27.3 Å². The molecule has 0 unspecified atom stereocenters. The van der Waals surface area contributed by atoms with E-state index in [0.717, 1.165) is 51.9 Å². The van der Waals surface area contributed by atoms with Crippen LogP contribution in [0, 0.1) is 0 Å². The summed E-state index contributed by atoms with van der Waals surface area (Å²) in [6.45, 7) is 13.3. The van der Waals surface area contributed by atoms with E-state index in [-0.39, 0.29) is 50.7 Å². The van der Waals surface area contributed by atoms with Crippen molar-refractivity contribution in [2.75, 3.05) is 43.9 Å². The summed E-state index contributed by atoms with van der Waals surface area (Å²) in [4.78, 5) is 2.46. The number of nitrogens with one attached hydrogen (secondary N) is 2. The Morgan fingerprint density at radius 1 is 0.606 bits per heavy atom. The largest absolute Gasteiger partial charge is 2.00 e. The molecule has 0 aliphatic heterocycles. The normalized spacial score (nSPS) is 10.1. The molecule has 0 saturated heterocycles. The fraction of sp³-hybridized carbons (Fsp3) is 0.556. The number of nitrogens with zero attached hydrogens (tertiary/aromatic N) is 1. The van der Waals surface area contributed by atoms with Crippen LogP contribution in [0.4, 0.5) is 11.4 Å². The average molecular weight is 628 g/mol. The summed E-state index contributed by atoms with van der Waals surface area (Å²) in [6, 6.07) is 13.4. The van der Waals surface area contributed by atoms with E-state index in [4.69, 9.17) is 0 Å². The smallest absolute Gasteiger partial charge is 1.00 e. The van der Waals surface area contributed by atoms with E-state index < -0.39 is 0 Å². The van der Waals surface area contributed by atoms with Crippen LogP contribution in [-0.4, -0.2) is 38.1 Å². The van der Waals surface area contributed by atoms with Crippen LogP contribution >= 0.6 is 0 Å². The summed E-state index contributed by atoms with van der Waals surface area (Å²) < 4.78 is 0. The van der Waals surface area contributed by atoms with Gasteiger partial charge in [0.25, 0.3) is 0 Å². The molecule has 0 heterocycles. The van der Waals surface area contributed by atoms with Gasteiger partial charge in [-0.3, -0.25) is 0 Å². The van der Waals surface area contributed by atoms with Gasteiger partial charge in [-0.25, -0.2) is 0 Å². The number of hydrogen-bond donors (Lipinski definition) is 2. The van der Waals surface area contributed by atoms with Crippen molar-refractivity contribution in [1.82, 2.24) is 4.90 Å². The summed E-state index contributed by atoms with van der Waals surface area (Å²) in [5.74, 6) is 0. The molecule has 3 nitrogen and oxygen atoms in total. The SMILES string of the molecule is CCc1cccc(CC)c1NCCCN(C)CCCNc1c(CC)cccc1CC.[Br-].[Br-].[Co+2]. The molecule has 0 aliphatic carbocycles. The molecule has 0 aromatic heterocycles. The van der Waals surface area contributed by atoms with E-state index in [1.165, 1.54) is 46.5 Å². The van der Waals surface area contributed by atoms with E-state index in [9.17, 15) is 0 Å². The summed E-state index contributed by atoms with van der Waals surface area (Å²) in [5.41, 5.74) is 8.49. The minimum absolute atomic E-state index is 0. The van der Waals surface area contributed by atoms with Crippen molar-refractivity contribution in [2.24, 2.45) is 0 Å². The second kappa shape index (κ2) is 19.7. The van der Waals surface area contributed by atoms with E-state index in [1.54, 1.807) is 0 Å². The quantitative estimate of drug-likeness (QED) is 0.293. The molecule has 2 N–H and O–H groups in total. The minimum Gasteiger partial charge on any atom is -1.00 e. The molecule has 2 aromatic carbocycles. The van der Waals surface area contributed by atoms with Crippen LogP contribution in [0.25, 0.3) is 0 Å². The van der Waals surface area contributed by atoms with E-state index in [2.05, 4.69) is 86.7 Å². The van der Waals surface area contributed by atoms with Crippen molar-refractivity contribution in [3.63, 3.8) is 0 Å². The molecule has 0 atom stereocenters. The molecular formula is C27H43Br2CoN3. The van der Waals surface area contributed by atoms with Crippen molar-refractivity contribution < 1.29 is 50.7 Å². The minimum atomic E-state index is 0. The van der Waals surface area contributed by atoms with Gasteiger partial charge in [0.2, 0.25) is 0 Å². The van der Waals surface area contributed by atoms with Gasteiger partial charge >= 0.3 is 16.8 Å². The van der Waals surface area contributed by atoms with E-state index in [1.807, 2.05) is 0 Å². The van der Waals surface area contributed by atoms with Gasteiger partial charge in [-0.15, -0.1) is 0 Å². The zero-order valence-corrected chi connectivity index (χ0v) is 25.3. The van der Waals surface area contributed by atoms with Crippen molar-refractivity contribution in [3.8, 4) is 0 Å². The van der Waals surface area contributed by atoms with Gasteiger partial charge in [0, 0.05) is 24.5 Å². The Balaban J connectivity index is 0. The van der Waals surface area contributed by atoms with Crippen LogP contribution in [0.3, 0.4) is 0 Å². The zero-order valence-electron chi connectivity index (χ0n) is 21.1. The third kappa shape index (κ3) is 11.2. The van der Waals surface area contributed by atoms with Gasteiger partial charge in [-0.1, -0.05) is 64.1 Å². The fourth-order valence-electron chi connectivity index (χ4n) is 4.18. The first kappa shape index (κ1) is 34.6. The zero-order chi connectivity index (χ0) is 21.8. The number of halogens is 2. The summed E-state index contributed by atoms with van der Waals surface area (Å²) in [5, 5.41) is 7.43. The Morgan fingerprint density at radius 2 is 0.909 bits per heavy atom. The molecule has 0 spiro atoms. The molecule has 2 rings (SSSR count). The third-order valence-corrected chi connectivity index (χ3v) is 6.03. The second-order valence-electron chi connectivity index (χ2n) is 8.18. The Kier molecular flexibility index (Phi) is 20.7. The van der Waals surface area contributed by atoms with Crippen LogP contribution in [0.5, 0.6) is 0 Å². The Morgan fingerprint density at radius 3 is 1.18 bits per heavy atom. The second-order valence-corrected chi connectivity index (χ2v) is 8.18. The first-order valence-corrected chi connectivity index (χ1v) is 12.0.